The standard InChI is InChI=1S/C24H19F3N4O7/c25-24(26,27)17-4-2-1-3-15(17)19-7-12-5-6-13(8-16(12)21(33)29-19)31-10-14(38-23(31)35)11-37-22(34)18(28)9-20(32)30-36/h1-8,14,18H,9-11,28H2,(H,29,33)/t14?,18-/m0/s1. The van der Waals surface area contributed by atoms with Gasteiger partial charge in [0.2, 0.25) is 0 Å². The number of rotatable bonds is 7. The van der Waals surface area contributed by atoms with Crippen LogP contribution >= 0.6 is 0 Å². The Labute approximate surface area is 211 Å². The molecule has 38 heavy (non-hydrogen) atoms. The molecule has 1 aliphatic rings. The summed E-state index contributed by atoms with van der Waals surface area (Å²) in [6.45, 7) is -0.440. The fourth-order valence-corrected chi connectivity index (χ4v) is 3.94. The third-order valence-electron chi connectivity index (χ3n) is 5.75. The SMILES string of the molecule is N[C@@H](CC(=O)N=O)C(=O)OCC1CN(c2ccc3cc(-c4ccccc4C(F)(F)F)[nH]c(=O)c3c2)C(=O)O1. The number of nitrogens with two attached hydrogens (primary N) is 1. The van der Waals surface area contributed by atoms with Crippen LogP contribution in [0, 0.1) is 4.91 Å². The molecule has 0 aliphatic carbocycles. The van der Waals surface area contributed by atoms with E-state index in [0.29, 0.717) is 5.39 Å². The summed E-state index contributed by atoms with van der Waals surface area (Å²) in [6, 6.07) is 9.21. The number of fused-ring (bicyclic) bond motifs is 1. The second kappa shape index (κ2) is 10.4. The van der Waals surface area contributed by atoms with Gasteiger partial charge in [-0.15, -0.1) is 4.91 Å². The maximum absolute atomic E-state index is 13.4. The summed E-state index contributed by atoms with van der Waals surface area (Å²) < 4.78 is 50.4. The van der Waals surface area contributed by atoms with Gasteiger partial charge in [-0.25, -0.2) is 4.79 Å². The number of nitrogens with zero attached hydrogens (tertiary/aromatic N) is 2. The molecule has 2 heterocycles. The first-order valence-electron chi connectivity index (χ1n) is 11.1. The summed E-state index contributed by atoms with van der Waals surface area (Å²) in [7, 11) is 0. The third-order valence-corrected chi connectivity index (χ3v) is 5.75. The summed E-state index contributed by atoms with van der Waals surface area (Å²) in [5.74, 6) is -2.10. The number of alkyl halides is 3. The zero-order chi connectivity index (χ0) is 27.6. The molecule has 1 unspecified atom stereocenters. The lowest BCUT2D eigenvalue weighted by Gasteiger charge is -2.15. The number of anilines is 1. The number of H-pyrrole nitrogens is 1. The van der Waals surface area contributed by atoms with E-state index in [0.717, 1.165) is 6.07 Å². The van der Waals surface area contributed by atoms with E-state index in [2.05, 4.69) is 10.2 Å². The highest BCUT2D eigenvalue weighted by atomic mass is 19.4. The highest BCUT2D eigenvalue weighted by Crippen LogP contribution is 2.36. The normalized spacial score (nSPS) is 16.3. The average molecular weight is 532 g/mol. The molecule has 0 bridgehead atoms. The van der Waals surface area contributed by atoms with E-state index in [1.807, 2.05) is 0 Å². The number of ether oxygens (including phenoxy) is 2. The average Bonchev–Trinajstić information content (AvgIpc) is 3.26. The van der Waals surface area contributed by atoms with Crippen molar-refractivity contribution in [2.75, 3.05) is 18.1 Å². The zero-order valence-electron chi connectivity index (χ0n) is 19.4. The Morgan fingerprint density at radius 3 is 2.63 bits per heavy atom. The van der Waals surface area contributed by atoms with Crippen LogP contribution in [0.3, 0.4) is 0 Å². The van der Waals surface area contributed by atoms with Crippen LogP contribution in [-0.2, 0) is 25.2 Å². The quantitative estimate of drug-likeness (QED) is 0.347. The van der Waals surface area contributed by atoms with Gasteiger partial charge >= 0.3 is 18.2 Å². The minimum atomic E-state index is -4.62. The predicted octanol–water partition coefficient (Wildman–Crippen LogP) is 3.09. The van der Waals surface area contributed by atoms with Gasteiger partial charge in [-0.1, -0.05) is 24.3 Å². The number of cyclic esters (lactones) is 1. The van der Waals surface area contributed by atoms with Crippen LogP contribution in [0.2, 0.25) is 0 Å². The first-order chi connectivity index (χ1) is 18.0. The van der Waals surface area contributed by atoms with E-state index in [9.17, 15) is 37.3 Å². The summed E-state index contributed by atoms with van der Waals surface area (Å²) >= 11 is 0. The van der Waals surface area contributed by atoms with Crippen molar-refractivity contribution in [3.63, 3.8) is 0 Å². The lowest BCUT2D eigenvalue weighted by atomic mass is 10.0. The summed E-state index contributed by atoms with van der Waals surface area (Å²) in [5, 5.41) is 2.61. The molecule has 3 aromatic rings. The lowest BCUT2D eigenvalue weighted by molar-refractivity contribution is -0.148. The molecule has 1 saturated heterocycles. The van der Waals surface area contributed by atoms with Crippen LogP contribution in [0.5, 0.6) is 0 Å². The number of benzene rings is 2. The van der Waals surface area contributed by atoms with Crippen LogP contribution in [0.15, 0.2) is 58.5 Å². The molecule has 3 N–H and O–H groups in total. The molecule has 14 heteroatoms. The molecule has 2 amide bonds. The number of esters is 1. The Kier molecular flexibility index (Phi) is 7.26. The second-order valence-electron chi connectivity index (χ2n) is 8.37. The zero-order valence-corrected chi connectivity index (χ0v) is 19.4. The number of aromatic nitrogens is 1. The van der Waals surface area contributed by atoms with Crippen LogP contribution in [0.1, 0.15) is 12.0 Å². The number of aromatic amines is 1. The van der Waals surface area contributed by atoms with Crippen molar-refractivity contribution in [1.29, 1.82) is 0 Å². The number of carbonyl (C=O) groups excluding carboxylic acids is 3. The van der Waals surface area contributed by atoms with Gasteiger partial charge in [-0.2, -0.15) is 13.2 Å². The predicted molar refractivity (Wildman–Crippen MR) is 127 cm³/mol. The number of halogens is 3. The van der Waals surface area contributed by atoms with Crippen molar-refractivity contribution < 1.29 is 37.0 Å². The van der Waals surface area contributed by atoms with Crippen LogP contribution in [0.25, 0.3) is 22.0 Å². The molecule has 0 spiro atoms. The Morgan fingerprint density at radius 1 is 1.18 bits per heavy atom. The van der Waals surface area contributed by atoms with Gasteiger partial charge in [-0.3, -0.25) is 19.3 Å². The van der Waals surface area contributed by atoms with Crippen LogP contribution in [0.4, 0.5) is 23.7 Å². The van der Waals surface area contributed by atoms with E-state index in [-0.39, 0.29) is 35.5 Å². The third kappa shape index (κ3) is 5.54. The van der Waals surface area contributed by atoms with E-state index < -0.39 is 53.8 Å². The summed E-state index contributed by atoms with van der Waals surface area (Å²) in [6.07, 6.45) is -6.94. The molecule has 1 fully saturated rings. The monoisotopic (exact) mass is 532 g/mol. The van der Waals surface area contributed by atoms with Crippen LogP contribution < -0.4 is 16.2 Å². The molecule has 2 atom stereocenters. The number of carbonyl (C=O) groups is 3. The maximum Gasteiger partial charge on any atom is 0.417 e. The first-order valence-corrected chi connectivity index (χ1v) is 11.1. The van der Waals surface area contributed by atoms with Crippen molar-refractivity contribution >= 4 is 34.4 Å². The highest BCUT2D eigenvalue weighted by Gasteiger charge is 2.35. The van der Waals surface area contributed by atoms with Crippen molar-refractivity contribution in [3.05, 3.63) is 69.4 Å². The molecular formula is C24H19F3N4O7. The van der Waals surface area contributed by atoms with Crippen molar-refractivity contribution in [2.24, 2.45) is 10.9 Å². The fourth-order valence-electron chi connectivity index (χ4n) is 3.94. The number of pyridine rings is 1. The van der Waals surface area contributed by atoms with Gasteiger partial charge in [0.25, 0.3) is 11.5 Å². The Hall–Kier alpha value is -4.59. The van der Waals surface area contributed by atoms with Crippen molar-refractivity contribution in [3.8, 4) is 11.3 Å². The maximum atomic E-state index is 13.4. The Morgan fingerprint density at radius 2 is 1.92 bits per heavy atom. The molecule has 0 radical (unpaired) electrons. The van der Waals surface area contributed by atoms with Crippen molar-refractivity contribution in [1.82, 2.24) is 4.98 Å². The molecule has 2 aromatic carbocycles. The largest absolute Gasteiger partial charge is 0.460 e. The first kappa shape index (κ1) is 26.5. The molecule has 198 valence electrons. The van der Waals surface area contributed by atoms with Gasteiger partial charge in [0.15, 0.2) is 6.10 Å². The van der Waals surface area contributed by atoms with E-state index >= 15 is 0 Å². The summed E-state index contributed by atoms with van der Waals surface area (Å²) in [5.41, 5.74) is 3.97. The molecule has 1 aliphatic heterocycles. The topological polar surface area (TPSA) is 161 Å². The smallest absolute Gasteiger partial charge is 0.417 e. The van der Waals surface area contributed by atoms with E-state index in [1.54, 1.807) is 0 Å². The van der Waals surface area contributed by atoms with E-state index in [1.165, 1.54) is 47.4 Å². The minimum Gasteiger partial charge on any atom is -0.460 e. The summed E-state index contributed by atoms with van der Waals surface area (Å²) in [4.78, 5) is 61.8. The van der Waals surface area contributed by atoms with Gasteiger partial charge in [0, 0.05) is 27.5 Å². The number of hydrogen-bond acceptors (Lipinski definition) is 8. The lowest BCUT2D eigenvalue weighted by Crippen LogP contribution is -2.36. The molecule has 0 saturated carbocycles. The van der Waals surface area contributed by atoms with Gasteiger partial charge in [-0.05, 0) is 29.7 Å². The highest BCUT2D eigenvalue weighted by molar-refractivity contribution is 5.95. The number of nitrogens with one attached hydrogen (secondary N) is 1. The van der Waals surface area contributed by atoms with Gasteiger partial charge in [0.1, 0.15) is 12.6 Å². The molecule has 1 aromatic heterocycles. The fraction of sp³-hybridized carbons (Fsp3) is 0.250. The number of amides is 2. The number of nitroso groups, excluding NO2 is 1. The number of hydrogen-bond donors (Lipinski definition) is 2. The van der Waals surface area contributed by atoms with Gasteiger partial charge in [0.05, 0.1) is 18.5 Å². The van der Waals surface area contributed by atoms with E-state index in [4.69, 9.17) is 15.2 Å². The Bertz CT molecular complexity index is 1490. The van der Waals surface area contributed by atoms with Crippen LogP contribution in [-0.4, -0.2) is 48.3 Å². The molecule has 11 nitrogen and oxygen atoms in total. The second-order valence-corrected chi connectivity index (χ2v) is 8.37. The molecular weight excluding hydrogens is 513 g/mol. The Balaban J connectivity index is 1.51. The van der Waals surface area contributed by atoms with Gasteiger partial charge < -0.3 is 20.2 Å². The minimum absolute atomic E-state index is 0.0190. The van der Waals surface area contributed by atoms with Crippen molar-refractivity contribution in [2.45, 2.75) is 24.7 Å². The molecule has 4 rings (SSSR count).